The third-order valence-corrected chi connectivity index (χ3v) is 5.63. The van der Waals surface area contributed by atoms with Gasteiger partial charge in [-0.15, -0.1) is 16.4 Å². The number of carbonyl (C=O) groups is 1. The molecule has 1 aromatic carbocycles. The van der Waals surface area contributed by atoms with E-state index in [4.69, 9.17) is 23.2 Å². The number of aryl methyl sites for hydroxylation is 1. The molecular weight excluding hydrogens is 387 g/mol. The van der Waals surface area contributed by atoms with Crippen molar-refractivity contribution in [1.82, 2.24) is 15.2 Å². The Morgan fingerprint density at radius 3 is 2.96 bits per heavy atom. The zero-order valence-corrected chi connectivity index (χ0v) is 15.6. The van der Waals surface area contributed by atoms with Crippen LogP contribution in [0.15, 0.2) is 34.8 Å². The van der Waals surface area contributed by atoms with Gasteiger partial charge in [0.25, 0.3) is 0 Å². The van der Waals surface area contributed by atoms with Gasteiger partial charge in [0.2, 0.25) is 11.1 Å². The van der Waals surface area contributed by atoms with Crippen molar-refractivity contribution < 1.29 is 4.79 Å². The van der Waals surface area contributed by atoms with Crippen LogP contribution in [0.5, 0.6) is 0 Å². The number of amides is 1. The van der Waals surface area contributed by atoms with E-state index < -0.39 is 0 Å². The third kappa shape index (κ3) is 3.92. The van der Waals surface area contributed by atoms with Crippen LogP contribution < -0.4 is 5.32 Å². The van der Waals surface area contributed by atoms with Crippen molar-refractivity contribution in [2.45, 2.75) is 12.1 Å². The molecule has 24 heavy (non-hydrogen) atoms. The Bertz CT molecular complexity index is 864. The molecule has 2 aromatic heterocycles. The highest BCUT2D eigenvalue weighted by Crippen LogP contribution is 2.33. The maximum absolute atomic E-state index is 12.1. The molecule has 0 saturated heterocycles. The van der Waals surface area contributed by atoms with Crippen LogP contribution in [0.4, 0.5) is 5.69 Å². The SMILES string of the molecule is Cc1ccc(Cl)c(NC(=O)CSc2n[nH]c(-c3cccs3)n2)c1Cl. The number of rotatable bonds is 5. The fraction of sp³-hybridized carbons (Fsp3) is 0.133. The second-order valence-corrected chi connectivity index (χ2v) is 7.51. The number of hydrogen-bond donors (Lipinski definition) is 2. The average molecular weight is 399 g/mol. The molecule has 9 heteroatoms. The van der Waals surface area contributed by atoms with E-state index in [0.29, 0.717) is 26.7 Å². The summed E-state index contributed by atoms with van der Waals surface area (Å²) in [5.74, 6) is 0.622. The summed E-state index contributed by atoms with van der Waals surface area (Å²) in [5.41, 5.74) is 1.27. The van der Waals surface area contributed by atoms with Crippen molar-refractivity contribution in [3.63, 3.8) is 0 Å². The summed E-state index contributed by atoms with van der Waals surface area (Å²) in [7, 11) is 0. The highest BCUT2D eigenvalue weighted by Gasteiger charge is 2.13. The van der Waals surface area contributed by atoms with Crippen LogP contribution >= 0.6 is 46.3 Å². The van der Waals surface area contributed by atoms with E-state index in [9.17, 15) is 4.79 Å². The number of thiophene rings is 1. The first kappa shape index (κ1) is 17.3. The van der Waals surface area contributed by atoms with Gasteiger partial charge in [-0.1, -0.05) is 47.1 Å². The maximum Gasteiger partial charge on any atom is 0.234 e. The summed E-state index contributed by atoms with van der Waals surface area (Å²) < 4.78 is 0. The maximum atomic E-state index is 12.1. The largest absolute Gasteiger partial charge is 0.323 e. The summed E-state index contributed by atoms with van der Waals surface area (Å²) in [6.07, 6.45) is 0. The Labute approximate surface area is 156 Å². The van der Waals surface area contributed by atoms with Crippen LogP contribution in [0.25, 0.3) is 10.7 Å². The Morgan fingerprint density at radius 1 is 1.38 bits per heavy atom. The fourth-order valence-electron chi connectivity index (χ4n) is 1.91. The molecule has 0 atom stereocenters. The lowest BCUT2D eigenvalue weighted by Gasteiger charge is -2.10. The topological polar surface area (TPSA) is 70.7 Å². The first-order chi connectivity index (χ1) is 11.5. The molecule has 5 nitrogen and oxygen atoms in total. The van der Waals surface area contributed by atoms with Gasteiger partial charge < -0.3 is 5.32 Å². The van der Waals surface area contributed by atoms with Gasteiger partial charge in [0.15, 0.2) is 5.82 Å². The fourth-order valence-corrected chi connectivity index (χ4v) is 3.64. The van der Waals surface area contributed by atoms with Crippen LogP contribution in [-0.4, -0.2) is 26.8 Å². The lowest BCUT2D eigenvalue weighted by atomic mass is 10.2. The molecule has 0 aliphatic heterocycles. The van der Waals surface area contributed by atoms with Gasteiger partial charge in [-0.05, 0) is 30.0 Å². The van der Waals surface area contributed by atoms with Crippen molar-refractivity contribution in [1.29, 1.82) is 0 Å². The van der Waals surface area contributed by atoms with E-state index in [0.717, 1.165) is 10.4 Å². The molecule has 0 spiro atoms. The molecular formula is C15H12Cl2N4OS2. The van der Waals surface area contributed by atoms with E-state index in [-0.39, 0.29) is 11.7 Å². The predicted octanol–water partition coefficient (Wildman–Crippen LogP) is 4.88. The molecule has 3 aromatic rings. The number of benzene rings is 1. The number of aromatic amines is 1. The number of carbonyl (C=O) groups excluding carboxylic acids is 1. The lowest BCUT2D eigenvalue weighted by molar-refractivity contribution is -0.113. The summed E-state index contributed by atoms with van der Waals surface area (Å²) in [6, 6.07) is 7.40. The first-order valence-electron chi connectivity index (χ1n) is 6.88. The molecule has 0 unspecified atom stereocenters. The van der Waals surface area contributed by atoms with Crippen LogP contribution in [-0.2, 0) is 4.79 Å². The molecule has 0 bridgehead atoms. The van der Waals surface area contributed by atoms with Crippen LogP contribution in [0.2, 0.25) is 10.0 Å². The molecule has 3 rings (SSSR count). The summed E-state index contributed by atoms with van der Waals surface area (Å²) in [5, 5.41) is 13.0. The molecule has 0 radical (unpaired) electrons. The number of hydrogen-bond acceptors (Lipinski definition) is 5. The van der Waals surface area contributed by atoms with Crippen LogP contribution in [0.1, 0.15) is 5.56 Å². The van der Waals surface area contributed by atoms with Crippen molar-refractivity contribution in [3.8, 4) is 10.7 Å². The van der Waals surface area contributed by atoms with Gasteiger partial charge in [0, 0.05) is 0 Å². The van der Waals surface area contributed by atoms with E-state index >= 15 is 0 Å². The van der Waals surface area contributed by atoms with Crippen molar-refractivity contribution in [2.75, 3.05) is 11.1 Å². The second kappa shape index (κ2) is 7.57. The van der Waals surface area contributed by atoms with E-state index in [1.54, 1.807) is 23.5 Å². The Balaban J connectivity index is 1.61. The molecule has 1 amide bonds. The normalized spacial score (nSPS) is 10.8. The molecule has 0 aliphatic rings. The number of nitrogens with zero attached hydrogens (tertiary/aromatic N) is 2. The highest BCUT2D eigenvalue weighted by atomic mass is 35.5. The van der Waals surface area contributed by atoms with Gasteiger partial charge in [0.05, 0.1) is 26.4 Å². The van der Waals surface area contributed by atoms with Crippen LogP contribution in [0.3, 0.4) is 0 Å². The van der Waals surface area contributed by atoms with E-state index in [1.165, 1.54) is 11.8 Å². The molecule has 124 valence electrons. The van der Waals surface area contributed by atoms with Crippen molar-refractivity contribution in [2.24, 2.45) is 0 Å². The van der Waals surface area contributed by atoms with E-state index in [1.807, 2.05) is 24.4 Å². The number of anilines is 1. The second-order valence-electron chi connectivity index (χ2n) is 4.83. The zero-order chi connectivity index (χ0) is 17.1. The number of nitrogens with one attached hydrogen (secondary N) is 2. The standard InChI is InChI=1S/C15H12Cl2N4OS2/c1-8-4-5-9(16)13(12(8)17)18-11(22)7-24-15-19-14(20-21-15)10-3-2-6-23-10/h2-6H,7H2,1H3,(H,18,22)(H,19,20,21). The Kier molecular flexibility index (Phi) is 5.45. The zero-order valence-electron chi connectivity index (χ0n) is 12.5. The minimum atomic E-state index is -0.225. The summed E-state index contributed by atoms with van der Waals surface area (Å²) in [6.45, 7) is 1.85. The van der Waals surface area contributed by atoms with Crippen LogP contribution in [0, 0.1) is 6.92 Å². The predicted molar refractivity (Wildman–Crippen MR) is 100 cm³/mol. The van der Waals surface area contributed by atoms with Gasteiger partial charge in [0.1, 0.15) is 0 Å². The quantitative estimate of drug-likeness (QED) is 0.600. The minimum absolute atomic E-state index is 0.155. The van der Waals surface area contributed by atoms with E-state index in [2.05, 4.69) is 20.5 Å². The first-order valence-corrected chi connectivity index (χ1v) is 9.50. The average Bonchev–Trinajstić information content (AvgIpc) is 3.24. The van der Waals surface area contributed by atoms with Gasteiger partial charge in [-0.3, -0.25) is 9.89 Å². The Morgan fingerprint density at radius 2 is 2.21 bits per heavy atom. The van der Waals surface area contributed by atoms with Crippen molar-refractivity contribution in [3.05, 3.63) is 45.3 Å². The third-order valence-electron chi connectivity index (χ3n) is 3.10. The molecule has 0 aliphatic carbocycles. The van der Waals surface area contributed by atoms with Gasteiger partial charge >= 0.3 is 0 Å². The smallest absolute Gasteiger partial charge is 0.234 e. The van der Waals surface area contributed by atoms with Gasteiger partial charge in [-0.2, -0.15) is 0 Å². The van der Waals surface area contributed by atoms with Crippen molar-refractivity contribution >= 4 is 57.9 Å². The number of H-pyrrole nitrogens is 1. The Hall–Kier alpha value is -1.54. The lowest BCUT2D eigenvalue weighted by Crippen LogP contribution is -2.15. The molecule has 0 saturated carbocycles. The minimum Gasteiger partial charge on any atom is -0.323 e. The number of aromatic nitrogens is 3. The number of thioether (sulfide) groups is 1. The summed E-state index contributed by atoms with van der Waals surface area (Å²) in [4.78, 5) is 17.5. The number of halogens is 2. The molecule has 2 N–H and O–H groups in total. The molecule has 0 fully saturated rings. The van der Waals surface area contributed by atoms with Gasteiger partial charge in [-0.25, -0.2) is 4.98 Å². The highest BCUT2D eigenvalue weighted by molar-refractivity contribution is 7.99. The monoisotopic (exact) mass is 398 g/mol. The molecule has 2 heterocycles. The summed E-state index contributed by atoms with van der Waals surface area (Å²) >= 11 is 15.1.